The first-order valence-electron chi connectivity index (χ1n) is 10.5. The molecule has 2 aliphatic heterocycles. The first-order valence-corrected chi connectivity index (χ1v) is 10.5. The van der Waals surface area contributed by atoms with Crippen LogP contribution in [0.1, 0.15) is 46.0 Å². The maximum Gasteiger partial charge on any atom is 0.306 e. The molecule has 1 aromatic rings. The lowest BCUT2D eigenvalue weighted by Gasteiger charge is -2.20. The van der Waals surface area contributed by atoms with Gasteiger partial charge in [-0.15, -0.1) is 0 Å². The lowest BCUT2D eigenvalue weighted by atomic mass is 10.1. The zero-order valence-corrected chi connectivity index (χ0v) is 17.1. The highest BCUT2D eigenvalue weighted by Crippen LogP contribution is 2.28. The van der Waals surface area contributed by atoms with E-state index in [4.69, 9.17) is 9.47 Å². The molecule has 3 rings (SSSR count). The summed E-state index contributed by atoms with van der Waals surface area (Å²) in [6.07, 6.45) is 4.32. The molecule has 2 heterocycles. The van der Waals surface area contributed by atoms with Gasteiger partial charge in [-0.2, -0.15) is 0 Å². The number of anilines is 1. The zero-order valence-electron chi connectivity index (χ0n) is 17.1. The fourth-order valence-corrected chi connectivity index (χ4v) is 4.13. The third-order valence-corrected chi connectivity index (χ3v) is 5.66. The van der Waals surface area contributed by atoms with E-state index in [2.05, 4.69) is 11.8 Å². The summed E-state index contributed by atoms with van der Waals surface area (Å²) in [5, 5.41) is 0. The minimum atomic E-state index is -0.228. The van der Waals surface area contributed by atoms with Crippen LogP contribution in [0.3, 0.4) is 0 Å². The number of esters is 1. The summed E-state index contributed by atoms with van der Waals surface area (Å²) in [4.78, 5) is 28.2. The van der Waals surface area contributed by atoms with Crippen molar-refractivity contribution in [1.29, 1.82) is 0 Å². The van der Waals surface area contributed by atoms with Gasteiger partial charge in [0.05, 0.1) is 19.6 Å². The Morgan fingerprint density at radius 3 is 2.71 bits per heavy atom. The number of hydrogen-bond acceptors (Lipinski definition) is 5. The Kier molecular flexibility index (Phi) is 7.31. The zero-order chi connectivity index (χ0) is 19.9. The molecule has 0 radical (unpaired) electrons. The molecule has 2 aliphatic rings. The molecule has 0 saturated carbocycles. The van der Waals surface area contributed by atoms with Crippen LogP contribution in [0, 0.1) is 5.92 Å². The Morgan fingerprint density at radius 2 is 2.04 bits per heavy atom. The molecule has 0 spiro atoms. The van der Waals surface area contributed by atoms with E-state index in [0.717, 1.165) is 24.4 Å². The molecule has 154 valence electrons. The lowest BCUT2D eigenvalue weighted by Crippen LogP contribution is -2.28. The monoisotopic (exact) mass is 388 g/mol. The van der Waals surface area contributed by atoms with Gasteiger partial charge in [-0.05, 0) is 69.8 Å². The number of ether oxygens (including phenoxy) is 2. The summed E-state index contributed by atoms with van der Waals surface area (Å²) >= 11 is 0. The number of amides is 1. The molecule has 0 bridgehead atoms. The first kappa shape index (κ1) is 20.6. The molecule has 2 saturated heterocycles. The highest BCUT2D eigenvalue weighted by molar-refractivity contribution is 5.96. The van der Waals surface area contributed by atoms with E-state index in [0.29, 0.717) is 38.6 Å². The number of nitrogens with zero attached hydrogens (tertiary/aromatic N) is 2. The molecule has 6 heteroatoms. The second-order valence-corrected chi connectivity index (χ2v) is 7.81. The topological polar surface area (TPSA) is 59.1 Å². The van der Waals surface area contributed by atoms with Crippen molar-refractivity contribution in [3.8, 4) is 5.75 Å². The average molecular weight is 389 g/mol. The summed E-state index contributed by atoms with van der Waals surface area (Å²) in [6.45, 7) is 8.02. The number of carbonyl (C=O) groups excluding carboxylic acids is 2. The van der Waals surface area contributed by atoms with Crippen LogP contribution in [0.4, 0.5) is 5.69 Å². The second-order valence-electron chi connectivity index (χ2n) is 7.81. The standard InChI is InChI=1S/C22H32N2O4/c1-3-27-22(26)15-18-14-21(25)24(16-18)19-7-9-20(10-8-19)28-13-5-12-23-11-4-6-17(23)2/h7-10,17-18H,3-6,11-16H2,1-2H3/t17-,18+/m1/s1. The van der Waals surface area contributed by atoms with Crippen LogP contribution in [0.15, 0.2) is 24.3 Å². The molecule has 6 nitrogen and oxygen atoms in total. The molecule has 28 heavy (non-hydrogen) atoms. The molecule has 0 unspecified atom stereocenters. The number of likely N-dealkylation sites (tertiary alicyclic amines) is 1. The Bertz CT molecular complexity index is 661. The quantitative estimate of drug-likeness (QED) is 0.480. The van der Waals surface area contributed by atoms with E-state index in [1.54, 1.807) is 11.8 Å². The van der Waals surface area contributed by atoms with Crippen molar-refractivity contribution in [3.05, 3.63) is 24.3 Å². The summed E-state index contributed by atoms with van der Waals surface area (Å²) in [7, 11) is 0. The van der Waals surface area contributed by atoms with E-state index in [9.17, 15) is 9.59 Å². The molecule has 1 amide bonds. The Balaban J connectivity index is 1.43. The fraction of sp³-hybridized carbons (Fsp3) is 0.636. The summed E-state index contributed by atoms with van der Waals surface area (Å²) in [6, 6.07) is 8.37. The SMILES string of the molecule is CCOC(=O)C[C@@H]1CC(=O)N(c2ccc(OCCCN3CCC[C@H]3C)cc2)C1. The third kappa shape index (κ3) is 5.47. The number of rotatable bonds is 9. The van der Waals surface area contributed by atoms with Crippen LogP contribution in [0.25, 0.3) is 0 Å². The van der Waals surface area contributed by atoms with Crippen LogP contribution in [0.5, 0.6) is 5.75 Å². The first-order chi connectivity index (χ1) is 13.6. The van der Waals surface area contributed by atoms with Crippen molar-refractivity contribution in [3.63, 3.8) is 0 Å². The minimum absolute atomic E-state index is 0.0236. The average Bonchev–Trinajstić information content (AvgIpc) is 3.24. The van der Waals surface area contributed by atoms with Crippen LogP contribution in [-0.2, 0) is 14.3 Å². The maximum atomic E-state index is 12.3. The van der Waals surface area contributed by atoms with E-state index in [-0.39, 0.29) is 17.8 Å². The Morgan fingerprint density at radius 1 is 1.25 bits per heavy atom. The summed E-state index contributed by atoms with van der Waals surface area (Å²) in [5.41, 5.74) is 0.856. The van der Waals surface area contributed by atoms with E-state index in [1.807, 2.05) is 24.3 Å². The minimum Gasteiger partial charge on any atom is -0.494 e. The predicted octanol–water partition coefficient (Wildman–Crippen LogP) is 3.25. The van der Waals surface area contributed by atoms with Crippen LogP contribution in [-0.4, -0.2) is 55.7 Å². The van der Waals surface area contributed by atoms with Crippen molar-refractivity contribution in [2.45, 2.75) is 52.0 Å². The molecule has 0 aromatic heterocycles. The van der Waals surface area contributed by atoms with Crippen LogP contribution >= 0.6 is 0 Å². The number of carbonyl (C=O) groups is 2. The van der Waals surface area contributed by atoms with Crippen molar-refractivity contribution in [2.24, 2.45) is 5.92 Å². The molecule has 2 atom stereocenters. The van der Waals surface area contributed by atoms with Gasteiger partial charge in [0.15, 0.2) is 0 Å². The molecule has 1 aromatic carbocycles. The van der Waals surface area contributed by atoms with E-state index >= 15 is 0 Å². The Hall–Kier alpha value is -2.08. The fourth-order valence-electron chi connectivity index (χ4n) is 4.13. The number of benzene rings is 1. The van der Waals surface area contributed by atoms with E-state index in [1.165, 1.54) is 19.4 Å². The molecular weight excluding hydrogens is 356 g/mol. The van der Waals surface area contributed by atoms with Gasteiger partial charge in [0.1, 0.15) is 5.75 Å². The van der Waals surface area contributed by atoms with Crippen LogP contribution in [0.2, 0.25) is 0 Å². The molecule has 0 aliphatic carbocycles. The van der Waals surface area contributed by atoms with Crippen molar-refractivity contribution >= 4 is 17.6 Å². The van der Waals surface area contributed by atoms with Gasteiger partial charge < -0.3 is 19.3 Å². The highest BCUT2D eigenvalue weighted by Gasteiger charge is 2.32. The van der Waals surface area contributed by atoms with Gasteiger partial charge in [0, 0.05) is 31.2 Å². The second kappa shape index (κ2) is 9.92. The van der Waals surface area contributed by atoms with Crippen molar-refractivity contribution in [1.82, 2.24) is 4.90 Å². The van der Waals surface area contributed by atoms with Gasteiger partial charge in [-0.25, -0.2) is 0 Å². The van der Waals surface area contributed by atoms with Gasteiger partial charge in [-0.1, -0.05) is 0 Å². The maximum absolute atomic E-state index is 12.3. The van der Waals surface area contributed by atoms with Gasteiger partial charge in [0.25, 0.3) is 0 Å². The predicted molar refractivity (Wildman–Crippen MR) is 109 cm³/mol. The van der Waals surface area contributed by atoms with E-state index < -0.39 is 0 Å². The van der Waals surface area contributed by atoms with Gasteiger partial charge >= 0.3 is 5.97 Å². The van der Waals surface area contributed by atoms with Crippen molar-refractivity contribution in [2.75, 3.05) is 37.7 Å². The summed E-state index contributed by atoms with van der Waals surface area (Å²) in [5.74, 6) is 0.681. The molecular formula is C22H32N2O4. The third-order valence-electron chi connectivity index (χ3n) is 5.66. The molecule has 0 N–H and O–H groups in total. The number of hydrogen-bond donors (Lipinski definition) is 0. The normalized spacial score (nSPS) is 22.6. The Labute approximate surface area is 167 Å². The smallest absolute Gasteiger partial charge is 0.306 e. The van der Waals surface area contributed by atoms with Gasteiger partial charge in [0.2, 0.25) is 5.91 Å². The van der Waals surface area contributed by atoms with Crippen molar-refractivity contribution < 1.29 is 19.1 Å². The van der Waals surface area contributed by atoms with Gasteiger partial charge in [-0.3, -0.25) is 9.59 Å². The van der Waals surface area contributed by atoms with Crippen LogP contribution < -0.4 is 9.64 Å². The largest absolute Gasteiger partial charge is 0.494 e. The summed E-state index contributed by atoms with van der Waals surface area (Å²) < 4.78 is 10.8. The highest BCUT2D eigenvalue weighted by atomic mass is 16.5. The molecule has 2 fully saturated rings. The lowest BCUT2D eigenvalue weighted by molar-refractivity contribution is -0.144.